The number of nitrogens with zero attached hydrogens (tertiary/aromatic N) is 2. The number of rotatable bonds is 8. The number of benzene rings is 1. The van der Waals surface area contributed by atoms with E-state index in [4.69, 9.17) is 9.15 Å². The van der Waals surface area contributed by atoms with Crippen LogP contribution in [0.25, 0.3) is 0 Å². The molecule has 0 aliphatic rings. The lowest BCUT2D eigenvalue weighted by atomic mass is 10.1. The first-order chi connectivity index (χ1) is 13.4. The molecule has 0 aliphatic heterocycles. The highest BCUT2D eigenvalue weighted by molar-refractivity contribution is 14.0. The fourth-order valence-electron chi connectivity index (χ4n) is 2.44. The van der Waals surface area contributed by atoms with E-state index < -0.39 is 5.82 Å². The predicted molar refractivity (Wildman–Crippen MR) is 121 cm³/mol. The van der Waals surface area contributed by atoms with Crippen molar-refractivity contribution in [1.82, 2.24) is 15.5 Å². The van der Waals surface area contributed by atoms with Crippen molar-refractivity contribution in [3.05, 3.63) is 53.7 Å². The van der Waals surface area contributed by atoms with Crippen molar-refractivity contribution in [3.63, 3.8) is 0 Å². The van der Waals surface area contributed by atoms with Crippen LogP contribution in [0.15, 0.2) is 46.0 Å². The Morgan fingerprint density at radius 1 is 1.34 bits per heavy atom. The van der Waals surface area contributed by atoms with Crippen molar-refractivity contribution >= 4 is 35.8 Å². The molecule has 1 aromatic carbocycles. The number of nitrogens with one attached hydrogen (secondary N) is 2. The molecule has 7 nitrogen and oxygen atoms in total. The van der Waals surface area contributed by atoms with E-state index in [1.54, 1.807) is 32.5 Å². The normalized spacial score (nSPS) is 12.0. The fourth-order valence-corrected chi connectivity index (χ4v) is 2.44. The van der Waals surface area contributed by atoms with Gasteiger partial charge >= 0.3 is 0 Å². The molecule has 2 aromatic rings. The van der Waals surface area contributed by atoms with E-state index in [9.17, 15) is 9.18 Å². The summed E-state index contributed by atoms with van der Waals surface area (Å²) < 4.78 is 24.3. The van der Waals surface area contributed by atoms with Gasteiger partial charge in [0.15, 0.2) is 17.5 Å². The Balaban J connectivity index is 0.00000420. The number of furan rings is 1. The van der Waals surface area contributed by atoms with Gasteiger partial charge in [-0.3, -0.25) is 4.79 Å². The maximum atomic E-state index is 14.0. The van der Waals surface area contributed by atoms with E-state index in [0.29, 0.717) is 18.9 Å². The number of hydrogen-bond acceptors (Lipinski definition) is 4. The second-order valence-corrected chi connectivity index (χ2v) is 6.47. The Hall–Kier alpha value is -2.30. The second kappa shape index (κ2) is 12.3. The van der Waals surface area contributed by atoms with Gasteiger partial charge in [0.2, 0.25) is 5.91 Å². The summed E-state index contributed by atoms with van der Waals surface area (Å²) in [6.45, 7) is 2.46. The Morgan fingerprint density at radius 2 is 2.10 bits per heavy atom. The Bertz CT molecular complexity index is 797. The Kier molecular flexibility index (Phi) is 10.5. The number of halogens is 2. The van der Waals surface area contributed by atoms with Crippen molar-refractivity contribution in [1.29, 1.82) is 0 Å². The van der Waals surface area contributed by atoms with E-state index in [1.165, 1.54) is 18.1 Å². The summed E-state index contributed by atoms with van der Waals surface area (Å²) in [4.78, 5) is 17.7. The lowest BCUT2D eigenvalue weighted by Gasteiger charge is -2.19. The van der Waals surface area contributed by atoms with Crippen LogP contribution in [0.2, 0.25) is 0 Å². The summed E-state index contributed by atoms with van der Waals surface area (Å²) in [5.74, 6) is 0.959. The minimum absolute atomic E-state index is 0. The Labute approximate surface area is 187 Å². The van der Waals surface area contributed by atoms with Crippen molar-refractivity contribution in [3.8, 4) is 5.75 Å². The molecule has 1 heterocycles. The molecular weight excluding hydrogens is 490 g/mol. The second-order valence-electron chi connectivity index (χ2n) is 6.47. The molecule has 0 bridgehead atoms. The molecule has 0 fully saturated rings. The first-order valence-corrected chi connectivity index (χ1v) is 9.01. The summed E-state index contributed by atoms with van der Waals surface area (Å²) in [6.07, 6.45) is 2.29. The molecule has 0 aliphatic carbocycles. The number of aliphatic imine (C=N–C) groups is 1. The van der Waals surface area contributed by atoms with Crippen LogP contribution in [-0.4, -0.2) is 51.1 Å². The van der Waals surface area contributed by atoms with Gasteiger partial charge in [-0.1, -0.05) is 6.07 Å². The molecule has 2 rings (SSSR count). The number of methoxy groups -OCH3 is 1. The minimum Gasteiger partial charge on any atom is -0.494 e. The summed E-state index contributed by atoms with van der Waals surface area (Å²) in [6, 6.07) is 8.28. The zero-order valence-electron chi connectivity index (χ0n) is 17.1. The quantitative estimate of drug-likeness (QED) is 0.319. The van der Waals surface area contributed by atoms with Gasteiger partial charge in [-0.2, -0.15) is 0 Å². The molecule has 0 spiro atoms. The topological polar surface area (TPSA) is 79.1 Å². The van der Waals surface area contributed by atoms with Crippen LogP contribution < -0.4 is 15.4 Å². The number of likely N-dealkylation sites (N-methyl/N-ethyl adjacent to an activating group) is 1. The van der Waals surface area contributed by atoms with E-state index in [1.807, 2.05) is 19.1 Å². The number of hydrogen-bond donors (Lipinski definition) is 2. The van der Waals surface area contributed by atoms with Crippen LogP contribution in [0, 0.1) is 5.82 Å². The summed E-state index contributed by atoms with van der Waals surface area (Å²) in [5.41, 5.74) is 0.734. The number of carbonyl (C=O) groups excluding carboxylic acids is 1. The summed E-state index contributed by atoms with van der Waals surface area (Å²) in [7, 11) is 4.78. The number of ether oxygens (including phenoxy) is 1. The van der Waals surface area contributed by atoms with Crippen LogP contribution in [0.4, 0.5) is 4.39 Å². The largest absolute Gasteiger partial charge is 0.494 e. The third kappa shape index (κ3) is 7.92. The third-order valence-electron chi connectivity index (χ3n) is 4.14. The van der Waals surface area contributed by atoms with E-state index in [-0.39, 0.29) is 48.2 Å². The van der Waals surface area contributed by atoms with Gasteiger partial charge in [0.25, 0.3) is 0 Å². The van der Waals surface area contributed by atoms with Gasteiger partial charge in [-0.05, 0) is 36.8 Å². The smallest absolute Gasteiger partial charge is 0.243 e. The molecule has 1 atom stereocenters. The lowest BCUT2D eigenvalue weighted by molar-refractivity contribution is -0.127. The molecule has 29 heavy (non-hydrogen) atoms. The van der Waals surface area contributed by atoms with Crippen molar-refractivity contribution in [2.24, 2.45) is 4.99 Å². The van der Waals surface area contributed by atoms with Gasteiger partial charge in [0.1, 0.15) is 12.3 Å². The van der Waals surface area contributed by atoms with Crippen LogP contribution in [-0.2, 0) is 11.2 Å². The third-order valence-corrected chi connectivity index (χ3v) is 4.14. The molecule has 1 amide bonds. The highest BCUT2D eigenvalue weighted by Crippen LogP contribution is 2.21. The van der Waals surface area contributed by atoms with Crippen molar-refractivity contribution in [2.45, 2.75) is 19.4 Å². The molecule has 0 saturated heterocycles. The van der Waals surface area contributed by atoms with Gasteiger partial charge < -0.3 is 24.7 Å². The maximum Gasteiger partial charge on any atom is 0.243 e. The number of amides is 1. The zero-order chi connectivity index (χ0) is 20.5. The van der Waals surface area contributed by atoms with E-state index >= 15 is 0 Å². The average molecular weight is 518 g/mol. The zero-order valence-corrected chi connectivity index (χ0v) is 19.4. The number of guanidine groups is 1. The van der Waals surface area contributed by atoms with E-state index in [2.05, 4.69) is 15.6 Å². The van der Waals surface area contributed by atoms with Crippen LogP contribution in [0.1, 0.15) is 24.3 Å². The molecule has 160 valence electrons. The van der Waals surface area contributed by atoms with Gasteiger partial charge in [0, 0.05) is 27.1 Å². The molecule has 9 heteroatoms. The molecule has 1 unspecified atom stereocenters. The molecule has 1 aromatic heterocycles. The van der Waals surface area contributed by atoms with Crippen LogP contribution in [0.5, 0.6) is 5.75 Å². The lowest BCUT2D eigenvalue weighted by Crippen LogP contribution is -2.40. The average Bonchev–Trinajstić information content (AvgIpc) is 3.18. The molecule has 0 radical (unpaired) electrons. The molecule has 2 N–H and O–H groups in total. The Morgan fingerprint density at radius 3 is 2.69 bits per heavy atom. The monoisotopic (exact) mass is 518 g/mol. The fraction of sp³-hybridized carbons (Fsp3) is 0.400. The highest BCUT2D eigenvalue weighted by Gasteiger charge is 2.12. The minimum atomic E-state index is -0.430. The summed E-state index contributed by atoms with van der Waals surface area (Å²) >= 11 is 0. The number of carbonyl (C=O) groups is 1. The first kappa shape index (κ1) is 24.7. The van der Waals surface area contributed by atoms with E-state index in [0.717, 1.165) is 11.3 Å². The van der Waals surface area contributed by atoms with Crippen molar-refractivity contribution in [2.75, 3.05) is 34.3 Å². The predicted octanol–water partition coefficient (Wildman–Crippen LogP) is 2.97. The highest BCUT2D eigenvalue weighted by atomic mass is 127. The van der Waals surface area contributed by atoms with Gasteiger partial charge in [-0.15, -0.1) is 24.0 Å². The standard InChI is InChI=1S/C20H27FN4O3.HI/c1-14(15-7-8-18(27-4)17(21)12-15)24-20(23-13-19(26)25(2)3)22-10-9-16-6-5-11-28-16;/h5-8,11-12,14H,9-10,13H2,1-4H3,(H2,22,23,24);1H. The van der Waals surface area contributed by atoms with Gasteiger partial charge in [-0.25, -0.2) is 9.38 Å². The first-order valence-electron chi connectivity index (χ1n) is 9.01. The molecule has 0 saturated carbocycles. The van der Waals surface area contributed by atoms with Crippen LogP contribution >= 0.6 is 24.0 Å². The molecular formula is C20H28FIN4O3. The SMILES string of the molecule is COc1ccc(C(C)NC(=NCC(=O)N(C)C)NCCc2ccco2)cc1F.I. The maximum absolute atomic E-state index is 14.0. The summed E-state index contributed by atoms with van der Waals surface area (Å²) in [5, 5.41) is 6.38. The van der Waals surface area contributed by atoms with Crippen LogP contribution in [0.3, 0.4) is 0 Å². The van der Waals surface area contributed by atoms with Crippen molar-refractivity contribution < 1.29 is 18.3 Å². The van der Waals surface area contributed by atoms with Gasteiger partial charge in [0.05, 0.1) is 19.4 Å².